The lowest BCUT2D eigenvalue weighted by Crippen LogP contribution is -2.34. The monoisotopic (exact) mass is 302 g/mol. The van der Waals surface area contributed by atoms with E-state index in [9.17, 15) is 5.11 Å². The number of hydrogen-bond acceptors (Lipinski definition) is 4. The first kappa shape index (κ1) is 14.4. The van der Waals surface area contributed by atoms with Gasteiger partial charge >= 0.3 is 0 Å². The molecule has 1 aromatic heterocycles. The molecule has 17 heavy (non-hydrogen) atoms. The average molecular weight is 303 g/mol. The van der Waals surface area contributed by atoms with E-state index >= 15 is 0 Å². The summed E-state index contributed by atoms with van der Waals surface area (Å²) in [6, 6.07) is 1.94. The van der Waals surface area contributed by atoms with Crippen LogP contribution in [0.5, 0.6) is 0 Å². The van der Waals surface area contributed by atoms with Crippen LogP contribution >= 0.6 is 15.9 Å². The quantitative estimate of drug-likeness (QED) is 0.847. The first-order chi connectivity index (χ1) is 7.94. The Hall–Kier alpha value is -0.650. The van der Waals surface area contributed by atoms with E-state index in [0.717, 1.165) is 15.9 Å². The number of halogens is 1. The summed E-state index contributed by atoms with van der Waals surface area (Å²) in [5.41, 5.74) is 0.317. The maximum atomic E-state index is 10.1. The highest BCUT2D eigenvalue weighted by atomic mass is 79.9. The van der Waals surface area contributed by atoms with E-state index < -0.39 is 5.60 Å². The van der Waals surface area contributed by atoms with Gasteiger partial charge in [0.05, 0.1) is 5.60 Å². The highest BCUT2D eigenvalue weighted by Crippen LogP contribution is 2.18. The molecule has 0 aliphatic heterocycles. The first-order valence-electron chi connectivity index (χ1n) is 5.52. The fourth-order valence-corrected chi connectivity index (χ4v) is 1.54. The number of nitrogens with one attached hydrogen (secondary N) is 1. The Kier molecular flexibility index (Phi) is 5.36. The SMILES string of the molecule is COCCC(C)(O)CNc1cc(C)c(Br)cn1. The second kappa shape index (κ2) is 6.33. The molecule has 96 valence electrons. The molecule has 2 N–H and O–H groups in total. The largest absolute Gasteiger partial charge is 0.388 e. The molecule has 0 aliphatic carbocycles. The number of nitrogens with zero attached hydrogens (tertiary/aromatic N) is 1. The second-order valence-electron chi connectivity index (χ2n) is 4.41. The topological polar surface area (TPSA) is 54.4 Å². The molecule has 1 rings (SSSR count). The van der Waals surface area contributed by atoms with Gasteiger partial charge in [-0.3, -0.25) is 0 Å². The molecule has 1 heterocycles. The van der Waals surface area contributed by atoms with Crippen LogP contribution in [-0.2, 0) is 4.74 Å². The normalized spacial score (nSPS) is 14.4. The summed E-state index contributed by atoms with van der Waals surface area (Å²) in [5, 5.41) is 13.2. The van der Waals surface area contributed by atoms with Crippen LogP contribution in [0.4, 0.5) is 5.82 Å². The summed E-state index contributed by atoms with van der Waals surface area (Å²) in [5.74, 6) is 0.767. The maximum absolute atomic E-state index is 10.1. The molecule has 1 unspecified atom stereocenters. The van der Waals surface area contributed by atoms with E-state index in [1.165, 1.54) is 0 Å². The minimum absolute atomic E-state index is 0.449. The summed E-state index contributed by atoms with van der Waals surface area (Å²) in [4.78, 5) is 4.22. The zero-order valence-electron chi connectivity index (χ0n) is 10.5. The summed E-state index contributed by atoms with van der Waals surface area (Å²) in [6.45, 7) is 4.77. The zero-order valence-corrected chi connectivity index (χ0v) is 12.0. The molecular weight excluding hydrogens is 284 g/mol. The van der Waals surface area contributed by atoms with Crippen molar-refractivity contribution < 1.29 is 9.84 Å². The van der Waals surface area contributed by atoms with Gasteiger partial charge in [0.2, 0.25) is 0 Å². The third-order valence-corrected chi connectivity index (χ3v) is 3.37. The second-order valence-corrected chi connectivity index (χ2v) is 5.27. The van der Waals surface area contributed by atoms with Crippen molar-refractivity contribution in [2.75, 3.05) is 25.6 Å². The molecule has 0 radical (unpaired) electrons. The van der Waals surface area contributed by atoms with E-state index in [-0.39, 0.29) is 0 Å². The van der Waals surface area contributed by atoms with Crippen molar-refractivity contribution >= 4 is 21.7 Å². The number of aryl methyl sites for hydroxylation is 1. The van der Waals surface area contributed by atoms with E-state index in [4.69, 9.17) is 4.74 Å². The molecule has 0 aromatic carbocycles. The molecule has 0 saturated carbocycles. The highest BCUT2D eigenvalue weighted by molar-refractivity contribution is 9.10. The van der Waals surface area contributed by atoms with Crippen LogP contribution in [0.1, 0.15) is 18.9 Å². The van der Waals surface area contributed by atoms with Crippen molar-refractivity contribution in [1.29, 1.82) is 0 Å². The molecular formula is C12H19BrN2O2. The van der Waals surface area contributed by atoms with Gasteiger partial charge in [-0.25, -0.2) is 4.98 Å². The van der Waals surface area contributed by atoms with E-state index in [0.29, 0.717) is 19.6 Å². The van der Waals surface area contributed by atoms with Crippen molar-refractivity contribution in [1.82, 2.24) is 4.98 Å². The van der Waals surface area contributed by atoms with Gasteiger partial charge in [-0.1, -0.05) is 0 Å². The number of anilines is 1. The molecule has 0 saturated heterocycles. The van der Waals surface area contributed by atoms with Gasteiger partial charge < -0.3 is 15.2 Å². The third kappa shape index (κ3) is 5.02. The number of aliphatic hydroxyl groups is 1. The molecule has 0 amide bonds. The minimum atomic E-state index is -0.793. The third-order valence-electron chi connectivity index (χ3n) is 2.54. The lowest BCUT2D eigenvalue weighted by atomic mass is 10.0. The Morgan fingerprint density at radius 1 is 1.59 bits per heavy atom. The van der Waals surface area contributed by atoms with Crippen LogP contribution in [0.2, 0.25) is 0 Å². The van der Waals surface area contributed by atoms with Crippen LogP contribution < -0.4 is 5.32 Å². The fraction of sp³-hybridized carbons (Fsp3) is 0.583. The van der Waals surface area contributed by atoms with Gasteiger partial charge in [0.1, 0.15) is 5.82 Å². The highest BCUT2D eigenvalue weighted by Gasteiger charge is 2.19. The number of methoxy groups -OCH3 is 1. The van der Waals surface area contributed by atoms with Gasteiger partial charge in [0.25, 0.3) is 0 Å². The Morgan fingerprint density at radius 3 is 2.88 bits per heavy atom. The van der Waals surface area contributed by atoms with Crippen molar-refractivity contribution in [3.8, 4) is 0 Å². The van der Waals surface area contributed by atoms with Gasteiger partial charge in [0.15, 0.2) is 0 Å². The Morgan fingerprint density at radius 2 is 2.29 bits per heavy atom. The number of aromatic nitrogens is 1. The van der Waals surface area contributed by atoms with Crippen molar-refractivity contribution in [3.63, 3.8) is 0 Å². The summed E-state index contributed by atoms with van der Waals surface area (Å²) < 4.78 is 5.94. The van der Waals surface area contributed by atoms with Crippen LogP contribution in [0.15, 0.2) is 16.7 Å². The van der Waals surface area contributed by atoms with Gasteiger partial charge in [-0.05, 0) is 41.4 Å². The fourth-order valence-electron chi connectivity index (χ4n) is 1.33. The lowest BCUT2D eigenvalue weighted by molar-refractivity contribution is 0.0357. The Bertz CT molecular complexity index is 370. The maximum Gasteiger partial charge on any atom is 0.126 e. The molecule has 0 aliphatic rings. The smallest absolute Gasteiger partial charge is 0.126 e. The van der Waals surface area contributed by atoms with Crippen LogP contribution in [-0.4, -0.2) is 36.0 Å². The predicted molar refractivity (Wildman–Crippen MR) is 72.3 cm³/mol. The summed E-state index contributed by atoms with van der Waals surface area (Å²) in [6.07, 6.45) is 2.34. The van der Waals surface area contributed by atoms with Crippen LogP contribution in [0.3, 0.4) is 0 Å². The van der Waals surface area contributed by atoms with Crippen LogP contribution in [0, 0.1) is 6.92 Å². The number of hydrogen-bond donors (Lipinski definition) is 2. The summed E-state index contributed by atoms with van der Waals surface area (Å²) in [7, 11) is 1.63. The lowest BCUT2D eigenvalue weighted by Gasteiger charge is -2.23. The van der Waals surface area contributed by atoms with Crippen molar-refractivity contribution in [2.45, 2.75) is 25.9 Å². The minimum Gasteiger partial charge on any atom is -0.388 e. The predicted octanol–water partition coefficient (Wildman–Crippen LogP) is 2.35. The Balaban J connectivity index is 2.51. The van der Waals surface area contributed by atoms with Gasteiger partial charge in [-0.15, -0.1) is 0 Å². The van der Waals surface area contributed by atoms with Crippen molar-refractivity contribution in [2.24, 2.45) is 0 Å². The Labute approximate surface area is 111 Å². The molecule has 0 spiro atoms. The zero-order chi connectivity index (χ0) is 12.9. The first-order valence-corrected chi connectivity index (χ1v) is 6.31. The standard InChI is InChI=1S/C12H19BrN2O2/c1-9-6-11(14-7-10(9)13)15-8-12(2,16)4-5-17-3/h6-7,16H,4-5,8H2,1-3H3,(H,14,15). The molecule has 5 heteroatoms. The number of rotatable bonds is 6. The van der Waals surface area contributed by atoms with Gasteiger partial charge in [0, 0.05) is 37.4 Å². The molecule has 1 aromatic rings. The molecule has 0 fully saturated rings. The van der Waals surface area contributed by atoms with Gasteiger partial charge in [-0.2, -0.15) is 0 Å². The molecule has 4 nitrogen and oxygen atoms in total. The van der Waals surface area contributed by atoms with E-state index in [1.807, 2.05) is 13.0 Å². The van der Waals surface area contributed by atoms with E-state index in [1.54, 1.807) is 20.2 Å². The summed E-state index contributed by atoms with van der Waals surface area (Å²) >= 11 is 3.40. The average Bonchev–Trinajstić information content (AvgIpc) is 2.28. The number of ether oxygens (including phenoxy) is 1. The van der Waals surface area contributed by atoms with Crippen LogP contribution in [0.25, 0.3) is 0 Å². The van der Waals surface area contributed by atoms with Crippen molar-refractivity contribution in [3.05, 3.63) is 22.3 Å². The molecule has 0 bridgehead atoms. The van der Waals surface area contributed by atoms with E-state index in [2.05, 4.69) is 26.2 Å². The number of pyridine rings is 1. The molecule has 1 atom stereocenters.